The third kappa shape index (κ3) is 3.22. The molecule has 0 saturated carbocycles. The first kappa shape index (κ1) is 12.5. The zero-order chi connectivity index (χ0) is 12.3. The predicted molar refractivity (Wildman–Crippen MR) is 48.0 cm³/mol. The molecule has 0 aliphatic rings. The number of rotatable bonds is 3. The third-order valence-electron chi connectivity index (χ3n) is 1.82. The number of methoxy groups -OCH3 is 1. The van der Waals surface area contributed by atoms with Crippen LogP contribution in [0, 0.1) is 5.82 Å². The Kier molecular flexibility index (Phi) is 3.51. The molecule has 0 unspecified atom stereocenters. The van der Waals surface area contributed by atoms with Gasteiger partial charge in [-0.15, -0.1) is 0 Å². The van der Waals surface area contributed by atoms with Crippen molar-refractivity contribution in [3.63, 3.8) is 0 Å². The van der Waals surface area contributed by atoms with E-state index in [1.807, 2.05) is 0 Å². The highest BCUT2D eigenvalue weighted by Gasteiger charge is 2.32. The number of halogens is 4. The molecular formula is C10H8F4O2. The fourth-order valence-corrected chi connectivity index (χ4v) is 1.18. The maximum Gasteiger partial charge on any atom is 0.396 e. The van der Waals surface area contributed by atoms with E-state index in [-0.39, 0.29) is 5.75 Å². The maximum atomic E-state index is 12.8. The minimum atomic E-state index is -4.62. The van der Waals surface area contributed by atoms with Gasteiger partial charge in [0.05, 0.1) is 12.7 Å². The van der Waals surface area contributed by atoms with E-state index in [4.69, 9.17) is 0 Å². The molecule has 0 amide bonds. The van der Waals surface area contributed by atoms with Crippen molar-refractivity contribution in [2.75, 3.05) is 7.11 Å². The Labute approximate surface area is 88.8 Å². The first-order valence-corrected chi connectivity index (χ1v) is 4.27. The Morgan fingerprint density at radius 3 is 2.50 bits per heavy atom. The summed E-state index contributed by atoms with van der Waals surface area (Å²) in [5.74, 6) is -2.08. The van der Waals surface area contributed by atoms with Gasteiger partial charge in [-0.2, -0.15) is 13.2 Å². The normalized spacial score (nSPS) is 11.3. The van der Waals surface area contributed by atoms with E-state index in [0.717, 1.165) is 18.2 Å². The molecular weight excluding hydrogens is 228 g/mol. The van der Waals surface area contributed by atoms with Crippen molar-refractivity contribution in [2.45, 2.75) is 12.6 Å². The summed E-state index contributed by atoms with van der Waals surface area (Å²) < 4.78 is 53.4. The number of ether oxygens (including phenoxy) is 1. The Bertz CT molecular complexity index is 398. The SMILES string of the molecule is COc1ccc(F)cc1C(=O)CC(F)(F)F. The lowest BCUT2D eigenvalue weighted by Gasteiger charge is -2.09. The molecule has 0 fully saturated rings. The van der Waals surface area contributed by atoms with Gasteiger partial charge in [-0.25, -0.2) is 4.39 Å². The van der Waals surface area contributed by atoms with E-state index in [1.165, 1.54) is 7.11 Å². The molecule has 0 heterocycles. The summed E-state index contributed by atoms with van der Waals surface area (Å²) in [6, 6.07) is 2.84. The van der Waals surface area contributed by atoms with Gasteiger partial charge in [-0.05, 0) is 18.2 Å². The average Bonchev–Trinajstić information content (AvgIpc) is 2.15. The molecule has 16 heavy (non-hydrogen) atoms. The van der Waals surface area contributed by atoms with E-state index in [1.54, 1.807) is 0 Å². The van der Waals surface area contributed by atoms with Crippen LogP contribution in [0.25, 0.3) is 0 Å². The van der Waals surface area contributed by atoms with Gasteiger partial charge >= 0.3 is 6.18 Å². The van der Waals surface area contributed by atoms with Crippen molar-refractivity contribution in [3.05, 3.63) is 29.6 Å². The molecule has 1 aromatic rings. The molecule has 1 aromatic carbocycles. The highest BCUT2D eigenvalue weighted by Crippen LogP contribution is 2.26. The quantitative estimate of drug-likeness (QED) is 0.595. The second kappa shape index (κ2) is 4.51. The summed E-state index contributed by atoms with van der Waals surface area (Å²) >= 11 is 0. The zero-order valence-electron chi connectivity index (χ0n) is 8.27. The monoisotopic (exact) mass is 236 g/mol. The van der Waals surface area contributed by atoms with E-state index in [9.17, 15) is 22.4 Å². The summed E-state index contributed by atoms with van der Waals surface area (Å²) in [7, 11) is 1.19. The van der Waals surface area contributed by atoms with Gasteiger partial charge in [0, 0.05) is 0 Å². The van der Waals surface area contributed by atoms with Crippen LogP contribution < -0.4 is 4.74 Å². The molecule has 0 bridgehead atoms. The third-order valence-corrected chi connectivity index (χ3v) is 1.82. The largest absolute Gasteiger partial charge is 0.496 e. The van der Waals surface area contributed by atoms with Gasteiger partial charge in [0.1, 0.15) is 18.0 Å². The molecule has 0 aromatic heterocycles. The molecule has 0 spiro atoms. The summed E-state index contributed by atoms with van der Waals surface area (Å²) in [5.41, 5.74) is -0.403. The molecule has 0 aliphatic heterocycles. The lowest BCUT2D eigenvalue weighted by Crippen LogP contribution is -2.15. The molecule has 0 aliphatic carbocycles. The smallest absolute Gasteiger partial charge is 0.396 e. The van der Waals surface area contributed by atoms with Crippen LogP contribution in [0.5, 0.6) is 5.75 Å². The van der Waals surface area contributed by atoms with Gasteiger partial charge < -0.3 is 4.74 Å². The van der Waals surface area contributed by atoms with Crippen molar-refractivity contribution in [1.82, 2.24) is 0 Å². The second-order valence-corrected chi connectivity index (χ2v) is 3.06. The minimum Gasteiger partial charge on any atom is -0.496 e. The maximum absolute atomic E-state index is 12.8. The van der Waals surface area contributed by atoms with Crippen LogP contribution in [0.1, 0.15) is 16.8 Å². The summed E-state index contributed by atoms with van der Waals surface area (Å²) in [4.78, 5) is 11.2. The topological polar surface area (TPSA) is 26.3 Å². The van der Waals surface area contributed by atoms with Crippen LogP contribution in [-0.2, 0) is 0 Å². The summed E-state index contributed by atoms with van der Waals surface area (Å²) in [6.07, 6.45) is -6.25. The number of ketones is 1. The summed E-state index contributed by atoms with van der Waals surface area (Å²) in [5, 5.41) is 0. The van der Waals surface area contributed by atoms with Crippen LogP contribution in [-0.4, -0.2) is 19.1 Å². The molecule has 0 atom stereocenters. The molecule has 0 radical (unpaired) electrons. The predicted octanol–water partition coefficient (Wildman–Crippen LogP) is 2.97. The van der Waals surface area contributed by atoms with Gasteiger partial charge in [0.15, 0.2) is 5.78 Å². The number of benzene rings is 1. The van der Waals surface area contributed by atoms with Crippen molar-refractivity contribution in [1.29, 1.82) is 0 Å². The number of hydrogen-bond acceptors (Lipinski definition) is 2. The van der Waals surface area contributed by atoms with Crippen LogP contribution >= 0.6 is 0 Å². The molecule has 88 valence electrons. The second-order valence-electron chi connectivity index (χ2n) is 3.06. The van der Waals surface area contributed by atoms with Gasteiger partial charge in [0.2, 0.25) is 0 Å². The molecule has 2 nitrogen and oxygen atoms in total. The zero-order valence-corrected chi connectivity index (χ0v) is 8.27. The first-order valence-electron chi connectivity index (χ1n) is 4.27. The van der Waals surface area contributed by atoms with Crippen LogP contribution in [0.15, 0.2) is 18.2 Å². The number of alkyl halides is 3. The number of hydrogen-bond donors (Lipinski definition) is 0. The average molecular weight is 236 g/mol. The van der Waals surface area contributed by atoms with Gasteiger partial charge in [0.25, 0.3) is 0 Å². The van der Waals surface area contributed by atoms with E-state index in [0.29, 0.717) is 0 Å². The summed E-state index contributed by atoms with van der Waals surface area (Å²) in [6.45, 7) is 0. The van der Waals surface area contributed by atoms with Crippen molar-refractivity contribution in [2.24, 2.45) is 0 Å². The fraction of sp³-hybridized carbons (Fsp3) is 0.300. The van der Waals surface area contributed by atoms with Crippen molar-refractivity contribution in [3.8, 4) is 5.75 Å². The Hall–Kier alpha value is -1.59. The lowest BCUT2D eigenvalue weighted by molar-refractivity contribution is -0.125. The minimum absolute atomic E-state index is 0.0735. The van der Waals surface area contributed by atoms with E-state index < -0.39 is 29.8 Å². The lowest BCUT2D eigenvalue weighted by atomic mass is 10.1. The highest BCUT2D eigenvalue weighted by atomic mass is 19.4. The van der Waals surface area contributed by atoms with Crippen molar-refractivity contribution >= 4 is 5.78 Å². The Morgan fingerprint density at radius 2 is 2.00 bits per heavy atom. The van der Waals surface area contributed by atoms with E-state index >= 15 is 0 Å². The highest BCUT2D eigenvalue weighted by molar-refractivity contribution is 5.99. The first-order chi connectivity index (χ1) is 7.33. The Balaban J connectivity index is 3.02. The van der Waals surface area contributed by atoms with Crippen LogP contribution in [0.3, 0.4) is 0 Å². The standard InChI is InChI=1S/C10H8F4O2/c1-16-9-3-2-6(11)4-7(9)8(15)5-10(12,13)14/h2-4H,5H2,1H3. The van der Waals surface area contributed by atoms with Gasteiger partial charge in [-0.3, -0.25) is 4.79 Å². The fourth-order valence-electron chi connectivity index (χ4n) is 1.18. The van der Waals surface area contributed by atoms with Crippen LogP contribution in [0.2, 0.25) is 0 Å². The number of Topliss-reactive ketones (excluding diaryl/α,β-unsaturated/α-hetero) is 1. The van der Waals surface area contributed by atoms with Crippen molar-refractivity contribution < 1.29 is 27.1 Å². The molecule has 0 N–H and O–H groups in total. The number of carbonyl (C=O) groups is 1. The van der Waals surface area contributed by atoms with Crippen LogP contribution in [0.4, 0.5) is 17.6 Å². The van der Waals surface area contributed by atoms with E-state index in [2.05, 4.69) is 4.74 Å². The van der Waals surface area contributed by atoms with Gasteiger partial charge in [-0.1, -0.05) is 0 Å². The molecule has 6 heteroatoms. The number of carbonyl (C=O) groups excluding carboxylic acids is 1. The molecule has 0 saturated heterocycles. The Morgan fingerprint density at radius 1 is 1.38 bits per heavy atom. The molecule has 1 rings (SSSR count).